The molecule has 0 radical (unpaired) electrons. The molecule has 7 heteroatoms. The minimum atomic E-state index is -1.19. The number of nitrogens with zero attached hydrogens (tertiary/aromatic N) is 1. The number of rotatable bonds is 8. The van der Waals surface area contributed by atoms with Gasteiger partial charge >= 0.3 is 11.7 Å². The van der Waals surface area contributed by atoms with Crippen LogP contribution in [-0.4, -0.2) is 22.1 Å². The van der Waals surface area contributed by atoms with Crippen molar-refractivity contribution in [2.45, 2.75) is 25.9 Å². The van der Waals surface area contributed by atoms with Gasteiger partial charge in [-0.15, -0.1) is 0 Å². The summed E-state index contributed by atoms with van der Waals surface area (Å²) in [6.07, 6.45) is -0.555. The highest BCUT2D eigenvalue weighted by atomic mass is 35.5. The lowest BCUT2D eigenvalue weighted by molar-refractivity contribution is -0.386. The van der Waals surface area contributed by atoms with E-state index >= 15 is 0 Å². The molecule has 3 rings (SSSR count). The first-order chi connectivity index (χ1) is 14.3. The molecule has 0 heterocycles. The molecule has 1 unspecified atom stereocenters. The van der Waals surface area contributed by atoms with Crippen molar-refractivity contribution in [1.82, 2.24) is 0 Å². The van der Waals surface area contributed by atoms with Gasteiger partial charge in [0.2, 0.25) is 0 Å². The molecule has 0 saturated carbocycles. The van der Waals surface area contributed by atoms with Gasteiger partial charge in [-0.05, 0) is 60.2 Å². The highest BCUT2D eigenvalue weighted by Gasteiger charge is 2.24. The van der Waals surface area contributed by atoms with Gasteiger partial charge in [-0.1, -0.05) is 54.1 Å². The van der Waals surface area contributed by atoms with Crippen LogP contribution in [0, 0.1) is 17.0 Å². The molecule has 0 aliphatic rings. The fraction of sp³-hybridized carbons (Fsp3) is 0.174. The van der Waals surface area contributed by atoms with E-state index in [1.54, 1.807) is 13.0 Å². The summed E-state index contributed by atoms with van der Waals surface area (Å²) in [5.41, 5.74) is 3.46. The number of ether oxygens (including phenoxy) is 1. The maximum atomic E-state index is 11.6. The SMILES string of the molecule is Cc1ccc(OC(CCc2ccc(-c3ccc(Cl)cc3)cc2)C(=O)O)c([N+](=O)[O-])c1. The summed E-state index contributed by atoms with van der Waals surface area (Å²) in [4.78, 5) is 22.3. The second-order valence-corrected chi connectivity index (χ2v) is 7.35. The van der Waals surface area contributed by atoms with Crippen molar-refractivity contribution >= 4 is 23.3 Å². The van der Waals surface area contributed by atoms with Gasteiger partial charge in [-0.2, -0.15) is 0 Å². The van der Waals surface area contributed by atoms with Gasteiger partial charge in [-0.25, -0.2) is 4.79 Å². The van der Waals surface area contributed by atoms with Crippen LogP contribution in [-0.2, 0) is 11.2 Å². The molecular weight excluding hydrogens is 406 g/mol. The Bertz CT molecular complexity index is 1050. The van der Waals surface area contributed by atoms with E-state index in [0.717, 1.165) is 16.7 Å². The molecule has 154 valence electrons. The Labute approximate surface area is 178 Å². The van der Waals surface area contributed by atoms with E-state index in [1.165, 1.54) is 12.1 Å². The highest BCUT2D eigenvalue weighted by molar-refractivity contribution is 6.30. The lowest BCUT2D eigenvalue weighted by atomic mass is 10.0. The number of benzene rings is 3. The fourth-order valence-corrected chi connectivity index (χ4v) is 3.19. The van der Waals surface area contributed by atoms with Gasteiger partial charge in [-0.3, -0.25) is 10.1 Å². The molecule has 3 aromatic rings. The Kier molecular flexibility index (Phi) is 6.69. The molecule has 0 aromatic heterocycles. The smallest absolute Gasteiger partial charge is 0.344 e. The predicted molar refractivity (Wildman–Crippen MR) is 115 cm³/mol. The minimum absolute atomic E-state index is 0.0453. The van der Waals surface area contributed by atoms with Crippen LogP contribution in [0.2, 0.25) is 5.02 Å². The second kappa shape index (κ2) is 9.41. The van der Waals surface area contributed by atoms with Gasteiger partial charge in [0, 0.05) is 11.1 Å². The summed E-state index contributed by atoms with van der Waals surface area (Å²) in [5.74, 6) is -1.21. The summed E-state index contributed by atoms with van der Waals surface area (Å²) in [6, 6.07) is 19.7. The number of carboxylic acid groups (broad SMARTS) is 1. The third-order valence-electron chi connectivity index (χ3n) is 4.68. The third-order valence-corrected chi connectivity index (χ3v) is 4.93. The molecule has 3 aromatic carbocycles. The van der Waals surface area contributed by atoms with Gasteiger partial charge in [0.25, 0.3) is 0 Å². The van der Waals surface area contributed by atoms with E-state index in [0.29, 0.717) is 17.0 Å². The highest BCUT2D eigenvalue weighted by Crippen LogP contribution is 2.29. The van der Waals surface area contributed by atoms with Gasteiger partial charge in [0.15, 0.2) is 11.9 Å². The monoisotopic (exact) mass is 425 g/mol. The molecule has 0 spiro atoms. The molecule has 1 N–H and O–H groups in total. The van der Waals surface area contributed by atoms with E-state index in [4.69, 9.17) is 16.3 Å². The standard InChI is InChI=1S/C23H20ClNO5/c1-15-2-12-21(20(14-15)25(28)29)30-22(23(26)27)13-5-16-3-6-17(7-4-16)18-8-10-19(24)11-9-18/h2-4,6-12,14,22H,5,13H2,1H3,(H,26,27). The first-order valence-corrected chi connectivity index (χ1v) is 9.70. The number of aliphatic carboxylic acids is 1. The van der Waals surface area contributed by atoms with Crippen LogP contribution in [0.4, 0.5) is 5.69 Å². The Morgan fingerprint density at radius 1 is 1.07 bits per heavy atom. The molecule has 0 saturated heterocycles. The number of nitro benzene ring substituents is 1. The first kappa shape index (κ1) is 21.3. The number of hydrogen-bond donors (Lipinski definition) is 1. The molecule has 0 bridgehead atoms. The first-order valence-electron chi connectivity index (χ1n) is 9.33. The van der Waals surface area contributed by atoms with Crippen molar-refractivity contribution in [1.29, 1.82) is 0 Å². The average molecular weight is 426 g/mol. The zero-order chi connectivity index (χ0) is 21.7. The maximum Gasteiger partial charge on any atom is 0.344 e. The lowest BCUT2D eigenvalue weighted by Crippen LogP contribution is -2.28. The zero-order valence-corrected chi connectivity index (χ0v) is 17.0. The molecule has 0 fully saturated rings. The van der Waals surface area contributed by atoms with Crippen LogP contribution in [0.3, 0.4) is 0 Å². The number of halogens is 1. The van der Waals surface area contributed by atoms with Crippen molar-refractivity contribution in [3.63, 3.8) is 0 Å². The molecule has 6 nitrogen and oxygen atoms in total. The number of aryl methyl sites for hydroxylation is 2. The Hall–Kier alpha value is -3.38. The topological polar surface area (TPSA) is 89.7 Å². The van der Waals surface area contributed by atoms with Crippen LogP contribution in [0.25, 0.3) is 11.1 Å². The fourth-order valence-electron chi connectivity index (χ4n) is 3.06. The Balaban J connectivity index is 1.69. The normalized spacial score (nSPS) is 11.7. The molecular formula is C23H20ClNO5. The maximum absolute atomic E-state index is 11.6. The Morgan fingerprint density at radius 3 is 2.23 bits per heavy atom. The van der Waals surface area contributed by atoms with Crippen LogP contribution in [0.1, 0.15) is 17.5 Å². The van der Waals surface area contributed by atoms with Crippen molar-refractivity contribution in [3.05, 3.63) is 93.0 Å². The molecule has 1 atom stereocenters. The van der Waals surface area contributed by atoms with E-state index in [9.17, 15) is 20.0 Å². The van der Waals surface area contributed by atoms with Crippen molar-refractivity contribution in [2.75, 3.05) is 0 Å². The van der Waals surface area contributed by atoms with Crippen LogP contribution >= 0.6 is 11.6 Å². The molecule has 30 heavy (non-hydrogen) atoms. The van der Waals surface area contributed by atoms with Gasteiger partial charge in [0.05, 0.1) is 4.92 Å². The largest absolute Gasteiger partial charge is 0.479 e. The Morgan fingerprint density at radius 2 is 1.67 bits per heavy atom. The van der Waals surface area contributed by atoms with E-state index in [1.807, 2.05) is 48.5 Å². The summed E-state index contributed by atoms with van der Waals surface area (Å²) in [5, 5.41) is 21.4. The molecule has 0 amide bonds. The predicted octanol–water partition coefficient (Wildman–Crippen LogP) is 5.69. The zero-order valence-electron chi connectivity index (χ0n) is 16.2. The number of hydrogen-bond acceptors (Lipinski definition) is 4. The van der Waals surface area contributed by atoms with Crippen LogP contribution in [0.15, 0.2) is 66.7 Å². The quantitative estimate of drug-likeness (QED) is 0.370. The third kappa shape index (κ3) is 5.36. The molecule has 0 aliphatic carbocycles. The second-order valence-electron chi connectivity index (χ2n) is 6.92. The van der Waals surface area contributed by atoms with Gasteiger partial charge in [0.1, 0.15) is 0 Å². The van der Waals surface area contributed by atoms with Gasteiger partial charge < -0.3 is 9.84 Å². The number of carboxylic acids is 1. The summed E-state index contributed by atoms with van der Waals surface area (Å²) < 4.78 is 5.50. The van der Waals surface area contributed by atoms with Crippen LogP contribution < -0.4 is 4.74 Å². The number of carbonyl (C=O) groups is 1. The minimum Gasteiger partial charge on any atom is -0.479 e. The summed E-state index contributed by atoms with van der Waals surface area (Å²) in [6.45, 7) is 1.72. The summed E-state index contributed by atoms with van der Waals surface area (Å²) in [7, 11) is 0. The lowest BCUT2D eigenvalue weighted by Gasteiger charge is -2.15. The number of nitro groups is 1. The average Bonchev–Trinajstić information content (AvgIpc) is 2.72. The van der Waals surface area contributed by atoms with E-state index in [-0.39, 0.29) is 17.9 Å². The van der Waals surface area contributed by atoms with E-state index < -0.39 is 17.0 Å². The molecule has 0 aliphatic heterocycles. The van der Waals surface area contributed by atoms with Crippen molar-refractivity contribution in [3.8, 4) is 16.9 Å². The van der Waals surface area contributed by atoms with Crippen LogP contribution in [0.5, 0.6) is 5.75 Å². The summed E-state index contributed by atoms with van der Waals surface area (Å²) >= 11 is 5.92. The van der Waals surface area contributed by atoms with Crippen molar-refractivity contribution < 1.29 is 19.6 Å². The van der Waals surface area contributed by atoms with E-state index in [2.05, 4.69) is 0 Å². The van der Waals surface area contributed by atoms with Crippen molar-refractivity contribution in [2.24, 2.45) is 0 Å².